The van der Waals surface area contributed by atoms with Crippen molar-refractivity contribution in [3.8, 4) is 0 Å². The number of aliphatic hydroxyl groups is 1. The van der Waals surface area contributed by atoms with Crippen LogP contribution in [0.25, 0.3) is 5.57 Å². The van der Waals surface area contributed by atoms with E-state index < -0.39 is 0 Å². The Balaban J connectivity index is 1.38. The van der Waals surface area contributed by atoms with Crippen molar-refractivity contribution in [1.82, 2.24) is 10.2 Å². The molecule has 0 unspecified atom stereocenters. The van der Waals surface area contributed by atoms with Crippen molar-refractivity contribution in [3.63, 3.8) is 0 Å². The van der Waals surface area contributed by atoms with Crippen LogP contribution < -0.4 is 5.32 Å². The van der Waals surface area contributed by atoms with E-state index in [0.29, 0.717) is 6.54 Å². The maximum atomic E-state index is 12.5. The highest BCUT2D eigenvalue weighted by Gasteiger charge is 2.42. The van der Waals surface area contributed by atoms with Gasteiger partial charge in [0.25, 0.3) is 0 Å². The maximum Gasteiger partial charge on any atom is 0.234 e. The molecule has 0 radical (unpaired) electrons. The number of nitrogens with one attached hydrogen (secondary N) is 1. The Hall–Kier alpha value is -1.73. The Bertz CT molecular complexity index is 807. The monoisotopic (exact) mass is 456 g/mol. The SMILES string of the molecule is CN(C)CC(=O)N[C@@H]1C[C@@H]2O[C@H](CO)CC[C@@H]2O[C@@H]1CCc1ccc(C2=CCCCC2)cc1. The van der Waals surface area contributed by atoms with Crippen molar-refractivity contribution in [3.05, 3.63) is 41.5 Å². The molecule has 0 bridgehead atoms. The number of carbonyl (C=O) groups is 1. The van der Waals surface area contributed by atoms with Crippen molar-refractivity contribution in [2.75, 3.05) is 27.2 Å². The lowest BCUT2D eigenvalue weighted by molar-refractivity contribution is -0.202. The van der Waals surface area contributed by atoms with E-state index >= 15 is 0 Å². The number of amides is 1. The number of hydrogen-bond acceptors (Lipinski definition) is 5. The summed E-state index contributed by atoms with van der Waals surface area (Å²) in [6, 6.07) is 8.91. The molecular formula is C27H40N2O4. The molecule has 182 valence electrons. The number of hydrogen-bond donors (Lipinski definition) is 2. The van der Waals surface area contributed by atoms with Crippen LogP contribution in [0.2, 0.25) is 0 Å². The summed E-state index contributed by atoms with van der Waals surface area (Å²) in [4.78, 5) is 14.4. The van der Waals surface area contributed by atoms with Gasteiger partial charge >= 0.3 is 0 Å². The van der Waals surface area contributed by atoms with Crippen LogP contribution in [-0.2, 0) is 20.7 Å². The third-order valence-electron chi connectivity index (χ3n) is 7.18. The fourth-order valence-corrected chi connectivity index (χ4v) is 5.41. The number of aryl methyl sites for hydroxylation is 1. The van der Waals surface area contributed by atoms with E-state index in [1.807, 2.05) is 19.0 Å². The second kappa shape index (κ2) is 11.6. The molecule has 1 aromatic carbocycles. The highest BCUT2D eigenvalue weighted by atomic mass is 16.6. The van der Waals surface area contributed by atoms with Crippen molar-refractivity contribution in [2.24, 2.45) is 0 Å². The normalized spacial score (nSPS) is 29.9. The number of aliphatic hydroxyl groups excluding tert-OH is 1. The number of likely N-dealkylation sites (N-methyl/N-ethyl adjacent to an activating group) is 1. The maximum absolute atomic E-state index is 12.5. The highest BCUT2D eigenvalue weighted by molar-refractivity contribution is 5.78. The minimum absolute atomic E-state index is 0.0108. The number of carbonyl (C=O) groups excluding carboxylic acids is 1. The quantitative estimate of drug-likeness (QED) is 0.628. The van der Waals surface area contributed by atoms with Gasteiger partial charge < -0.3 is 24.8 Å². The number of allylic oxidation sites excluding steroid dienone is 2. The van der Waals surface area contributed by atoms with Crippen LogP contribution in [0, 0.1) is 0 Å². The van der Waals surface area contributed by atoms with Crippen LogP contribution in [0.5, 0.6) is 0 Å². The van der Waals surface area contributed by atoms with Gasteiger partial charge in [-0.25, -0.2) is 0 Å². The summed E-state index contributed by atoms with van der Waals surface area (Å²) >= 11 is 0. The third-order valence-corrected chi connectivity index (χ3v) is 7.18. The molecule has 0 spiro atoms. The Morgan fingerprint density at radius 1 is 1.12 bits per heavy atom. The van der Waals surface area contributed by atoms with Crippen LogP contribution in [-0.4, -0.2) is 73.6 Å². The van der Waals surface area contributed by atoms with Crippen LogP contribution in [0.15, 0.2) is 30.3 Å². The first-order valence-electron chi connectivity index (χ1n) is 12.7. The molecule has 6 nitrogen and oxygen atoms in total. The van der Waals surface area contributed by atoms with E-state index in [-0.39, 0.29) is 43.0 Å². The average Bonchev–Trinajstić information content (AvgIpc) is 2.82. The lowest BCUT2D eigenvalue weighted by atomic mass is 9.88. The lowest BCUT2D eigenvalue weighted by Gasteiger charge is -2.45. The van der Waals surface area contributed by atoms with E-state index in [1.54, 1.807) is 0 Å². The van der Waals surface area contributed by atoms with E-state index in [0.717, 1.165) is 32.1 Å². The summed E-state index contributed by atoms with van der Waals surface area (Å²) in [5, 5.41) is 12.7. The molecule has 33 heavy (non-hydrogen) atoms. The summed E-state index contributed by atoms with van der Waals surface area (Å²) in [7, 11) is 3.79. The van der Waals surface area contributed by atoms with Crippen LogP contribution >= 0.6 is 0 Å². The predicted octanol–water partition coefficient (Wildman–Crippen LogP) is 3.32. The Labute approximate surface area is 198 Å². The van der Waals surface area contributed by atoms with Crippen molar-refractivity contribution in [2.45, 2.75) is 88.2 Å². The van der Waals surface area contributed by atoms with Gasteiger partial charge in [-0.2, -0.15) is 0 Å². The summed E-state index contributed by atoms with van der Waals surface area (Å²) in [5.74, 6) is 0.0108. The fraction of sp³-hybridized carbons (Fsp3) is 0.667. The molecule has 2 saturated heterocycles. The molecular weight excluding hydrogens is 416 g/mol. The minimum Gasteiger partial charge on any atom is -0.394 e. The summed E-state index contributed by atoms with van der Waals surface area (Å²) in [6.07, 6.45) is 11.4. The van der Waals surface area contributed by atoms with Crippen molar-refractivity contribution in [1.29, 1.82) is 0 Å². The highest BCUT2D eigenvalue weighted by Crippen LogP contribution is 2.33. The minimum atomic E-state index is -0.123. The molecule has 1 aliphatic carbocycles. The van der Waals surface area contributed by atoms with Gasteiger partial charge in [-0.1, -0.05) is 30.3 Å². The Kier molecular flexibility index (Phi) is 8.58. The zero-order chi connectivity index (χ0) is 23.2. The Morgan fingerprint density at radius 3 is 2.64 bits per heavy atom. The molecule has 2 heterocycles. The van der Waals surface area contributed by atoms with Gasteiger partial charge in [0.1, 0.15) is 0 Å². The third kappa shape index (κ3) is 6.66. The van der Waals surface area contributed by atoms with Gasteiger partial charge in [-0.3, -0.25) is 4.79 Å². The lowest BCUT2D eigenvalue weighted by Crippen LogP contribution is -2.58. The molecule has 2 aliphatic heterocycles. The zero-order valence-corrected chi connectivity index (χ0v) is 20.2. The molecule has 4 rings (SSSR count). The molecule has 1 amide bonds. The van der Waals surface area contributed by atoms with Gasteiger partial charge in [-0.15, -0.1) is 0 Å². The smallest absolute Gasteiger partial charge is 0.234 e. The number of fused-ring (bicyclic) bond motifs is 1. The van der Waals surface area contributed by atoms with E-state index in [4.69, 9.17) is 9.47 Å². The molecule has 5 atom stereocenters. The van der Waals surface area contributed by atoms with Crippen LogP contribution in [0.4, 0.5) is 0 Å². The molecule has 6 heteroatoms. The zero-order valence-electron chi connectivity index (χ0n) is 20.2. The second-order valence-corrected chi connectivity index (χ2v) is 10.1. The summed E-state index contributed by atoms with van der Waals surface area (Å²) in [6.45, 7) is 0.395. The molecule has 0 saturated carbocycles. The fourth-order valence-electron chi connectivity index (χ4n) is 5.41. The molecule has 2 fully saturated rings. The molecule has 0 aromatic heterocycles. The van der Waals surface area contributed by atoms with Crippen LogP contribution in [0.3, 0.4) is 0 Å². The first-order chi connectivity index (χ1) is 16.0. The average molecular weight is 457 g/mol. The number of ether oxygens (including phenoxy) is 2. The second-order valence-electron chi connectivity index (χ2n) is 10.1. The molecule has 3 aliphatic rings. The first-order valence-corrected chi connectivity index (χ1v) is 12.7. The van der Waals surface area contributed by atoms with Crippen molar-refractivity contribution >= 4 is 11.5 Å². The van der Waals surface area contributed by atoms with Gasteiger partial charge in [0, 0.05) is 0 Å². The van der Waals surface area contributed by atoms with Crippen LogP contribution in [0.1, 0.15) is 62.5 Å². The van der Waals surface area contributed by atoms with Crippen molar-refractivity contribution < 1.29 is 19.4 Å². The van der Waals surface area contributed by atoms with Gasteiger partial charge in [-0.05, 0) is 88.6 Å². The largest absolute Gasteiger partial charge is 0.394 e. The first kappa shape index (κ1) is 24.4. The molecule has 2 N–H and O–H groups in total. The van der Waals surface area contributed by atoms with Gasteiger partial charge in [0.15, 0.2) is 0 Å². The topological polar surface area (TPSA) is 71.0 Å². The van der Waals surface area contributed by atoms with E-state index in [9.17, 15) is 9.90 Å². The molecule has 1 aromatic rings. The summed E-state index contributed by atoms with van der Waals surface area (Å²) < 4.78 is 12.6. The standard InChI is InChI=1S/C27H40N2O4/c1-29(2)17-27(31)28-23-16-26-25(15-13-22(18-30)32-26)33-24(23)14-10-19-8-11-21(12-9-19)20-6-4-3-5-7-20/h6,8-9,11-12,22-26,30H,3-5,7,10,13-18H2,1-2H3,(H,28,31)/t22-,23+,24+,25-,26-/m0/s1. The Morgan fingerprint density at radius 2 is 1.94 bits per heavy atom. The summed E-state index contributed by atoms with van der Waals surface area (Å²) in [5.41, 5.74) is 4.14. The van der Waals surface area contributed by atoms with E-state index in [2.05, 4.69) is 35.7 Å². The van der Waals surface area contributed by atoms with Gasteiger partial charge in [0.05, 0.1) is 43.6 Å². The van der Waals surface area contributed by atoms with E-state index in [1.165, 1.54) is 42.4 Å². The number of rotatable bonds is 8. The predicted molar refractivity (Wildman–Crippen MR) is 130 cm³/mol. The number of nitrogens with zero attached hydrogens (tertiary/aromatic N) is 1. The van der Waals surface area contributed by atoms with Gasteiger partial charge in [0.2, 0.25) is 5.91 Å². The number of benzene rings is 1.